The van der Waals surface area contributed by atoms with Crippen molar-refractivity contribution in [3.05, 3.63) is 0 Å². The molecular formula is C16H36NO2P. The molecule has 0 aromatic carbocycles. The third-order valence-corrected chi connectivity index (χ3v) is 4.37. The Balaban J connectivity index is 4.63. The molecule has 3 nitrogen and oxygen atoms in total. The average Bonchev–Trinajstić information content (AvgIpc) is 2.11. The fourth-order valence-electron chi connectivity index (χ4n) is 2.78. The summed E-state index contributed by atoms with van der Waals surface area (Å²) in [6.07, 6.45) is 2.64. The van der Waals surface area contributed by atoms with Gasteiger partial charge in [0, 0.05) is 6.04 Å². The molecule has 0 saturated carbocycles. The summed E-state index contributed by atoms with van der Waals surface area (Å²) in [6.45, 7) is 17.2. The summed E-state index contributed by atoms with van der Waals surface area (Å²) < 4.78 is 12.1. The molecule has 0 amide bonds. The van der Waals surface area contributed by atoms with Crippen LogP contribution in [0.25, 0.3) is 0 Å². The van der Waals surface area contributed by atoms with Gasteiger partial charge in [0.1, 0.15) is 0 Å². The Labute approximate surface area is 128 Å². The summed E-state index contributed by atoms with van der Waals surface area (Å²) in [5.41, 5.74) is 5.55. The molecule has 3 unspecified atom stereocenters. The molecule has 0 aliphatic rings. The van der Waals surface area contributed by atoms with Crippen LogP contribution in [0.15, 0.2) is 0 Å². The molecule has 0 spiro atoms. The van der Waals surface area contributed by atoms with Crippen molar-refractivity contribution in [2.24, 2.45) is 11.1 Å². The molecule has 0 aromatic heterocycles. The average molecular weight is 305 g/mol. The first-order valence-corrected chi connectivity index (χ1v) is 8.42. The third-order valence-electron chi connectivity index (χ3n) is 4.21. The van der Waals surface area contributed by atoms with Crippen LogP contribution in [0.1, 0.15) is 68.2 Å². The number of ether oxygens (including phenoxy) is 2. The molecule has 2 N–H and O–H groups in total. The minimum atomic E-state index is -0.185. The Morgan fingerprint density at radius 1 is 1.00 bits per heavy atom. The molecule has 122 valence electrons. The molecule has 0 radical (unpaired) electrons. The van der Waals surface area contributed by atoms with E-state index in [1.54, 1.807) is 0 Å². The van der Waals surface area contributed by atoms with Gasteiger partial charge in [-0.2, -0.15) is 0 Å². The lowest BCUT2D eigenvalue weighted by Crippen LogP contribution is -2.45. The molecule has 0 aromatic rings. The lowest BCUT2D eigenvalue weighted by atomic mass is 9.73. The van der Waals surface area contributed by atoms with Crippen molar-refractivity contribution in [1.29, 1.82) is 0 Å². The first-order chi connectivity index (χ1) is 8.83. The molecule has 0 bridgehead atoms. The van der Waals surface area contributed by atoms with E-state index < -0.39 is 0 Å². The standard InChI is InChI=1S/C16H36NO2P/c1-12(17)9-15(5,6)19-13(2)10-14(3,4)16(7,8)18-11-20/h12-13H,9-11,17,20H2,1-8H3. The van der Waals surface area contributed by atoms with Crippen molar-refractivity contribution in [3.63, 3.8) is 0 Å². The van der Waals surface area contributed by atoms with Crippen LogP contribution >= 0.6 is 9.24 Å². The zero-order chi connectivity index (χ0) is 16.2. The van der Waals surface area contributed by atoms with Gasteiger partial charge in [0.15, 0.2) is 0 Å². The van der Waals surface area contributed by atoms with Gasteiger partial charge in [-0.15, -0.1) is 9.24 Å². The summed E-state index contributed by atoms with van der Waals surface area (Å²) in [5, 5.41) is 0. The minimum absolute atomic E-state index is 0.0351. The van der Waals surface area contributed by atoms with Crippen LogP contribution in [0.4, 0.5) is 0 Å². The van der Waals surface area contributed by atoms with E-state index in [4.69, 9.17) is 15.2 Å². The highest BCUT2D eigenvalue weighted by atomic mass is 31.0. The quantitative estimate of drug-likeness (QED) is 0.656. The van der Waals surface area contributed by atoms with Crippen LogP contribution in [-0.4, -0.2) is 29.7 Å². The molecule has 0 aliphatic heterocycles. The molecule has 0 heterocycles. The Bertz CT molecular complexity index is 288. The summed E-state index contributed by atoms with van der Waals surface area (Å²) in [6, 6.07) is 0.155. The van der Waals surface area contributed by atoms with Crippen LogP contribution in [-0.2, 0) is 9.47 Å². The van der Waals surface area contributed by atoms with E-state index in [1.807, 2.05) is 6.92 Å². The maximum absolute atomic E-state index is 6.22. The zero-order valence-electron chi connectivity index (χ0n) is 14.7. The molecular weight excluding hydrogens is 269 g/mol. The Kier molecular flexibility index (Phi) is 7.65. The predicted molar refractivity (Wildman–Crippen MR) is 91.0 cm³/mol. The van der Waals surface area contributed by atoms with E-state index in [1.165, 1.54) is 0 Å². The minimum Gasteiger partial charge on any atom is -0.373 e. The van der Waals surface area contributed by atoms with Crippen molar-refractivity contribution in [3.8, 4) is 0 Å². The second-order valence-electron chi connectivity index (χ2n) is 7.78. The number of hydrogen-bond acceptors (Lipinski definition) is 3. The fourth-order valence-corrected chi connectivity index (χ4v) is 3.19. The van der Waals surface area contributed by atoms with Crippen molar-refractivity contribution < 1.29 is 9.47 Å². The van der Waals surface area contributed by atoms with Gasteiger partial charge >= 0.3 is 0 Å². The maximum Gasteiger partial charge on any atom is 0.0682 e. The maximum atomic E-state index is 6.22. The summed E-state index contributed by atoms with van der Waals surface area (Å²) in [5.74, 6) is 0. The fraction of sp³-hybridized carbons (Fsp3) is 1.00. The van der Waals surface area contributed by atoms with Crippen molar-refractivity contribution in [2.75, 3.05) is 6.35 Å². The summed E-state index contributed by atoms with van der Waals surface area (Å²) in [4.78, 5) is 0. The second-order valence-corrected chi connectivity index (χ2v) is 8.11. The number of hydrogen-bond donors (Lipinski definition) is 1. The van der Waals surface area contributed by atoms with Gasteiger partial charge in [0.05, 0.1) is 23.7 Å². The molecule has 0 fully saturated rings. The zero-order valence-corrected chi connectivity index (χ0v) is 15.9. The highest BCUT2D eigenvalue weighted by Crippen LogP contribution is 2.39. The van der Waals surface area contributed by atoms with Gasteiger partial charge in [0.25, 0.3) is 0 Å². The van der Waals surface area contributed by atoms with E-state index in [0.717, 1.165) is 12.8 Å². The predicted octanol–water partition coefficient (Wildman–Crippen LogP) is 3.95. The molecule has 0 aliphatic carbocycles. The Morgan fingerprint density at radius 3 is 1.90 bits per heavy atom. The lowest BCUT2D eigenvalue weighted by Gasteiger charge is -2.43. The van der Waals surface area contributed by atoms with Crippen LogP contribution in [0.5, 0.6) is 0 Å². The Hall–Kier alpha value is 0.310. The van der Waals surface area contributed by atoms with Gasteiger partial charge in [-0.1, -0.05) is 13.8 Å². The van der Waals surface area contributed by atoms with Crippen LogP contribution in [0, 0.1) is 5.41 Å². The number of rotatable bonds is 9. The highest BCUT2D eigenvalue weighted by Gasteiger charge is 2.39. The highest BCUT2D eigenvalue weighted by molar-refractivity contribution is 7.16. The topological polar surface area (TPSA) is 44.5 Å². The van der Waals surface area contributed by atoms with E-state index in [-0.39, 0.29) is 28.8 Å². The SMILES string of the molecule is CC(N)CC(C)(C)OC(C)CC(C)(C)C(C)(C)OCP. The van der Waals surface area contributed by atoms with Crippen LogP contribution < -0.4 is 5.73 Å². The lowest BCUT2D eigenvalue weighted by molar-refractivity contribution is -0.127. The first kappa shape index (κ1) is 20.3. The van der Waals surface area contributed by atoms with Crippen molar-refractivity contribution >= 4 is 9.24 Å². The normalized spacial score (nSPS) is 17.1. The van der Waals surface area contributed by atoms with E-state index in [9.17, 15) is 0 Å². The summed E-state index contributed by atoms with van der Waals surface area (Å²) in [7, 11) is 2.63. The van der Waals surface area contributed by atoms with Gasteiger partial charge in [0.2, 0.25) is 0 Å². The van der Waals surface area contributed by atoms with Gasteiger partial charge in [-0.3, -0.25) is 0 Å². The molecule has 20 heavy (non-hydrogen) atoms. The van der Waals surface area contributed by atoms with Crippen LogP contribution in [0.3, 0.4) is 0 Å². The van der Waals surface area contributed by atoms with Gasteiger partial charge in [-0.25, -0.2) is 0 Å². The molecule has 4 heteroatoms. The van der Waals surface area contributed by atoms with E-state index >= 15 is 0 Å². The third kappa shape index (κ3) is 6.85. The molecule has 0 saturated heterocycles. The second kappa shape index (κ2) is 7.54. The van der Waals surface area contributed by atoms with Gasteiger partial charge in [-0.05, 0) is 59.8 Å². The monoisotopic (exact) mass is 305 g/mol. The largest absolute Gasteiger partial charge is 0.373 e. The van der Waals surface area contributed by atoms with Crippen molar-refractivity contribution in [1.82, 2.24) is 0 Å². The number of nitrogens with two attached hydrogens (primary N) is 1. The molecule has 3 atom stereocenters. The summed E-state index contributed by atoms with van der Waals surface area (Å²) >= 11 is 0. The van der Waals surface area contributed by atoms with Crippen LogP contribution in [0.2, 0.25) is 0 Å². The van der Waals surface area contributed by atoms with E-state index in [2.05, 4.69) is 57.7 Å². The van der Waals surface area contributed by atoms with Gasteiger partial charge < -0.3 is 15.2 Å². The first-order valence-electron chi connectivity index (χ1n) is 7.60. The Morgan fingerprint density at radius 2 is 1.50 bits per heavy atom. The molecule has 0 rings (SSSR count). The van der Waals surface area contributed by atoms with Crippen molar-refractivity contribution in [2.45, 2.75) is 91.6 Å². The smallest absolute Gasteiger partial charge is 0.0682 e. The van der Waals surface area contributed by atoms with E-state index in [0.29, 0.717) is 6.35 Å².